The summed E-state index contributed by atoms with van der Waals surface area (Å²) in [7, 11) is 1.37. The molecule has 0 aliphatic carbocycles. The van der Waals surface area contributed by atoms with Gasteiger partial charge in [-0.3, -0.25) is 0 Å². The molecule has 156 valence electrons. The van der Waals surface area contributed by atoms with E-state index in [1.54, 1.807) is 0 Å². The molecular weight excluding hydrogens is 414 g/mol. The van der Waals surface area contributed by atoms with Crippen molar-refractivity contribution in [2.24, 2.45) is 0 Å². The third-order valence-electron chi connectivity index (χ3n) is 5.31. The first-order valence-electron chi connectivity index (χ1n) is 10.6. The number of hydrogen-bond donors (Lipinski definition) is 0. The van der Waals surface area contributed by atoms with Gasteiger partial charge in [-0.15, -0.1) is 0 Å². The molecule has 0 fully saturated rings. The van der Waals surface area contributed by atoms with Gasteiger partial charge in [0.1, 0.15) is 12.4 Å². The monoisotopic (exact) mass is 442 g/mol. The molecule has 2 unspecified atom stereocenters. The summed E-state index contributed by atoms with van der Waals surface area (Å²) in [5.74, 6) is 1.03. The second-order valence-corrected chi connectivity index (χ2v) is 10.3. The van der Waals surface area contributed by atoms with Gasteiger partial charge in [0.05, 0.1) is 0 Å². The van der Waals surface area contributed by atoms with Gasteiger partial charge in [-0.1, -0.05) is 114 Å². The van der Waals surface area contributed by atoms with Crippen LogP contribution in [0.1, 0.15) is 22.3 Å². The number of hydrogen-bond acceptors (Lipinski definition) is 1. The summed E-state index contributed by atoms with van der Waals surface area (Å²) in [6.45, 7) is 4.97. The molecule has 0 N–H and O–H groups in total. The third kappa shape index (κ3) is 5.82. The van der Waals surface area contributed by atoms with E-state index in [1.807, 2.05) is 6.07 Å². The van der Waals surface area contributed by atoms with Crippen LogP contribution < -0.4 is 20.7 Å². The molecule has 2 atom stereocenters. The molecule has 0 saturated carbocycles. The minimum absolute atomic E-state index is 0.584. The molecule has 0 spiro atoms. The molecule has 0 saturated heterocycles. The van der Waals surface area contributed by atoms with Gasteiger partial charge in [0.15, 0.2) is 0 Å². The van der Waals surface area contributed by atoms with Crippen LogP contribution in [0.5, 0.6) is 5.75 Å². The quantitative estimate of drug-likeness (QED) is 0.304. The average Bonchev–Trinajstić information content (AvgIpc) is 2.80. The predicted molar refractivity (Wildman–Crippen MR) is 139 cm³/mol. The van der Waals surface area contributed by atoms with Crippen molar-refractivity contribution >= 4 is 33.1 Å². The lowest BCUT2D eigenvalue weighted by Gasteiger charge is -2.17. The smallest absolute Gasteiger partial charge is 0.130 e. The summed E-state index contributed by atoms with van der Waals surface area (Å²) in [5, 5.41) is 4.16. The molecule has 0 aliphatic heterocycles. The van der Waals surface area contributed by atoms with E-state index >= 15 is 0 Å². The number of benzene rings is 4. The highest BCUT2D eigenvalue weighted by Crippen LogP contribution is 2.28. The van der Waals surface area contributed by atoms with Gasteiger partial charge < -0.3 is 4.74 Å². The van der Waals surface area contributed by atoms with E-state index in [1.165, 1.54) is 38.2 Å². The van der Waals surface area contributed by atoms with Crippen molar-refractivity contribution in [2.45, 2.75) is 26.6 Å². The maximum atomic E-state index is 6.34. The number of ether oxygens (including phenoxy) is 1. The fraction of sp³-hybridized carbons (Fsp3) is 0.143. The second-order valence-electron chi connectivity index (χ2n) is 7.68. The van der Waals surface area contributed by atoms with Crippen molar-refractivity contribution in [3.63, 3.8) is 0 Å². The summed E-state index contributed by atoms with van der Waals surface area (Å²) in [5.41, 5.74) is 5.21. The maximum absolute atomic E-state index is 6.34. The van der Waals surface area contributed by atoms with Gasteiger partial charge in [-0.25, -0.2) is 0 Å². The van der Waals surface area contributed by atoms with Crippen LogP contribution in [-0.4, -0.2) is 0 Å². The summed E-state index contributed by atoms with van der Waals surface area (Å²) < 4.78 is 6.34. The fourth-order valence-electron chi connectivity index (χ4n) is 3.61. The largest absolute Gasteiger partial charge is 0.488 e. The summed E-state index contributed by atoms with van der Waals surface area (Å²) >= 11 is 0. The number of aryl methyl sites for hydroxylation is 2. The van der Waals surface area contributed by atoms with Crippen LogP contribution in [0.25, 0.3) is 0 Å². The van der Waals surface area contributed by atoms with Gasteiger partial charge in [0, 0.05) is 5.30 Å². The minimum atomic E-state index is 0.584. The van der Waals surface area contributed by atoms with Crippen molar-refractivity contribution in [3.8, 4) is 5.75 Å². The van der Waals surface area contributed by atoms with Crippen LogP contribution in [0.4, 0.5) is 0 Å². The van der Waals surface area contributed by atoms with Crippen LogP contribution in [0.3, 0.4) is 0 Å². The van der Waals surface area contributed by atoms with E-state index < -0.39 is 0 Å². The topological polar surface area (TPSA) is 9.23 Å². The molecule has 31 heavy (non-hydrogen) atoms. The normalized spacial score (nSPS) is 11.5. The highest BCUT2D eigenvalue weighted by Gasteiger charge is 2.13. The van der Waals surface area contributed by atoms with Crippen LogP contribution >= 0.6 is 17.2 Å². The Labute approximate surface area is 189 Å². The van der Waals surface area contributed by atoms with Crippen molar-refractivity contribution in [1.29, 1.82) is 0 Å². The Bertz CT molecular complexity index is 1120. The zero-order valence-corrected chi connectivity index (χ0v) is 20.1. The summed E-state index contributed by atoms with van der Waals surface area (Å²) in [4.78, 5) is 0. The second kappa shape index (κ2) is 10.7. The SMILES string of the molecule is Cc1cccc(Pc2c(C)cccc2CPc2ccccc2)c1OCc1ccccc1. The van der Waals surface area contributed by atoms with E-state index in [0.29, 0.717) is 15.2 Å². The standard InChI is InChI=1S/C28H28OP2/c1-21-11-10-18-26(27(21)29-19-23-13-5-3-6-14-23)31-28-22(2)12-9-15-24(28)20-30-25-16-7-4-8-17-25/h3-18,30-31H,19-20H2,1-2H3. The van der Waals surface area contributed by atoms with Crippen LogP contribution in [0.2, 0.25) is 0 Å². The van der Waals surface area contributed by atoms with E-state index in [9.17, 15) is 0 Å². The van der Waals surface area contributed by atoms with Gasteiger partial charge in [0.2, 0.25) is 0 Å². The van der Waals surface area contributed by atoms with Gasteiger partial charge in [-0.05, 0) is 52.9 Å². The number of rotatable bonds is 8. The van der Waals surface area contributed by atoms with Crippen LogP contribution in [0, 0.1) is 13.8 Å². The first-order chi connectivity index (χ1) is 15.2. The highest BCUT2D eigenvalue weighted by molar-refractivity contribution is 7.56. The molecule has 0 bridgehead atoms. The van der Waals surface area contributed by atoms with E-state index in [4.69, 9.17) is 4.74 Å². The third-order valence-corrected chi connectivity index (χ3v) is 8.24. The molecule has 0 aromatic heterocycles. The molecule has 4 aromatic rings. The molecule has 0 radical (unpaired) electrons. The first-order valence-corrected chi connectivity index (χ1v) is 12.8. The zero-order chi connectivity index (χ0) is 21.5. The van der Waals surface area contributed by atoms with Crippen molar-refractivity contribution < 1.29 is 4.74 Å². The Hall–Kier alpha value is -2.46. The van der Waals surface area contributed by atoms with Crippen LogP contribution in [0.15, 0.2) is 97.1 Å². The first kappa shape index (κ1) is 21.8. The molecule has 0 heterocycles. The Morgan fingerprint density at radius 1 is 0.677 bits per heavy atom. The summed E-state index contributed by atoms with van der Waals surface area (Å²) in [6.07, 6.45) is 1.08. The minimum Gasteiger partial charge on any atom is -0.488 e. The number of para-hydroxylation sites is 1. The van der Waals surface area contributed by atoms with Gasteiger partial charge >= 0.3 is 0 Å². The molecular formula is C28H28OP2. The Morgan fingerprint density at radius 2 is 1.35 bits per heavy atom. The van der Waals surface area contributed by atoms with Gasteiger partial charge in [0.25, 0.3) is 0 Å². The van der Waals surface area contributed by atoms with Crippen molar-refractivity contribution in [3.05, 3.63) is 119 Å². The maximum Gasteiger partial charge on any atom is 0.130 e. The molecule has 0 aliphatic rings. The molecule has 0 amide bonds. The lowest BCUT2D eigenvalue weighted by molar-refractivity contribution is 0.307. The lowest BCUT2D eigenvalue weighted by atomic mass is 10.1. The van der Waals surface area contributed by atoms with E-state index in [2.05, 4.69) is 105 Å². The van der Waals surface area contributed by atoms with E-state index in [0.717, 1.165) is 20.5 Å². The van der Waals surface area contributed by atoms with E-state index in [-0.39, 0.29) is 0 Å². The average molecular weight is 442 g/mol. The van der Waals surface area contributed by atoms with Crippen molar-refractivity contribution in [2.75, 3.05) is 0 Å². The van der Waals surface area contributed by atoms with Crippen LogP contribution in [-0.2, 0) is 12.8 Å². The Morgan fingerprint density at radius 3 is 2.13 bits per heavy atom. The molecule has 4 rings (SSSR count). The molecule has 1 nitrogen and oxygen atoms in total. The highest BCUT2D eigenvalue weighted by atomic mass is 31.1. The lowest BCUT2D eigenvalue weighted by Crippen LogP contribution is -2.15. The molecule has 4 aromatic carbocycles. The van der Waals surface area contributed by atoms with Crippen molar-refractivity contribution in [1.82, 2.24) is 0 Å². The Balaban J connectivity index is 1.57. The zero-order valence-electron chi connectivity index (χ0n) is 18.1. The summed E-state index contributed by atoms with van der Waals surface area (Å²) in [6, 6.07) is 34.4. The predicted octanol–water partition coefficient (Wildman–Crippen LogP) is 6.02. The van der Waals surface area contributed by atoms with Gasteiger partial charge in [-0.2, -0.15) is 0 Å². The Kier molecular flexibility index (Phi) is 7.52. The fourth-order valence-corrected chi connectivity index (χ4v) is 6.35. The molecule has 3 heteroatoms.